The first-order valence-corrected chi connectivity index (χ1v) is 7.65. The molecule has 110 valence electrons. The third-order valence-electron chi connectivity index (χ3n) is 2.98. The predicted octanol–water partition coefficient (Wildman–Crippen LogP) is 5.37. The Bertz CT molecular complexity index is 679. The minimum absolute atomic E-state index is 0. The van der Waals surface area contributed by atoms with Gasteiger partial charge in [-0.3, -0.25) is 0 Å². The maximum absolute atomic E-state index is 6.17. The Balaban J connectivity index is 0.00000161. The Morgan fingerprint density at radius 3 is 2.62 bits per heavy atom. The summed E-state index contributed by atoms with van der Waals surface area (Å²) >= 11 is 7.92. The van der Waals surface area contributed by atoms with E-state index >= 15 is 0 Å². The maximum Gasteiger partial charge on any atom is 0.135 e. The number of halogens is 2. The van der Waals surface area contributed by atoms with Gasteiger partial charge in [0.05, 0.1) is 11.6 Å². The Morgan fingerprint density at radius 2 is 1.86 bits per heavy atom. The van der Waals surface area contributed by atoms with Gasteiger partial charge in [-0.05, 0) is 35.7 Å². The number of hydrogen-bond acceptors (Lipinski definition) is 3. The highest BCUT2D eigenvalue weighted by Gasteiger charge is 2.07. The summed E-state index contributed by atoms with van der Waals surface area (Å²) in [5, 5.41) is 6.16. The van der Waals surface area contributed by atoms with E-state index in [1.807, 2.05) is 36.4 Å². The molecule has 0 saturated heterocycles. The number of benzene rings is 1. The molecular weight excluding hydrogens is 325 g/mol. The van der Waals surface area contributed by atoms with Gasteiger partial charge in [-0.15, -0.1) is 23.7 Å². The summed E-state index contributed by atoms with van der Waals surface area (Å²) in [4.78, 5) is 1.32. The molecule has 21 heavy (non-hydrogen) atoms. The topological polar surface area (TPSA) is 25.2 Å². The monoisotopic (exact) mass is 339 g/mol. The molecule has 2 nitrogen and oxygen atoms in total. The van der Waals surface area contributed by atoms with Crippen molar-refractivity contribution in [1.82, 2.24) is 5.32 Å². The average molecular weight is 340 g/mol. The summed E-state index contributed by atoms with van der Waals surface area (Å²) in [6, 6.07) is 15.8. The highest BCUT2D eigenvalue weighted by atomic mass is 35.5. The Labute approximate surface area is 139 Å². The molecule has 0 bridgehead atoms. The fourth-order valence-electron chi connectivity index (χ4n) is 2.00. The molecule has 1 aromatic carbocycles. The van der Waals surface area contributed by atoms with Gasteiger partial charge in [0.15, 0.2) is 0 Å². The molecule has 0 aliphatic carbocycles. The largest absolute Gasteiger partial charge is 0.460 e. The molecule has 0 fully saturated rings. The van der Waals surface area contributed by atoms with Crippen LogP contribution in [0.5, 0.6) is 0 Å². The van der Waals surface area contributed by atoms with Crippen LogP contribution in [0.1, 0.15) is 10.6 Å². The van der Waals surface area contributed by atoms with E-state index < -0.39 is 0 Å². The fraction of sp³-hybridized carbons (Fsp3) is 0.125. The standard InChI is InChI=1S/C16H14ClNOS.ClH/c17-15-6-2-1-5-14(15)16-8-7-12(19-16)10-18-11-13-4-3-9-20-13;/h1-9,18H,10-11H2;1H. The van der Waals surface area contributed by atoms with Crippen molar-refractivity contribution in [2.75, 3.05) is 0 Å². The van der Waals surface area contributed by atoms with Gasteiger partial charge in [-0.2, -0.15) is 0 Å². The molecule has 0 radical (unpaired) electrons. The minimum Gasteiger partial charge on any atom is -0.460 e. The third kappa shape index (κ3) is 4.11. The van der Waals surface area contributed by atoms with Crippen molar-refractivity contribution in [2.45, 2.75) is 13.1 Å². The van der Waals surface area contributed by atoms with Gasteiger partial charge in [0.1, 0.15) is 11.5 Å². The Morgan fingerprint density at radius 1 is 1.00 bits per heavy atom. The SMILES string of the molecule is Cl.Clc1ccccc1-c1ccc(CNCc2cccs2)o1. The number of thiophene rings is 1. The van der Waals surface area contributed by atoms with Crippen LogP contribution < -0.4 is 5.32 Å². The molecule has 2 aromatic heterocycles. The van der Waals surface area contributed by atoms with Crippen molar-refractivity contribution < 1.29 is 4.42 Å². The molecule has 0 unspecified atom stereocenters. The van der Waals surface area contributed by atoms with E-state index in [4.69, 9.17) is 16.0 Å². The predicted molar refractivity (Wildman–Crippen MR) is 91.3 cm³/mol. The summed E-state index contributed by atoms with van der Waals surface area (Å²) in [6.07, 6.45) is 0. The first-order chi connectivity index (χ1) is 9.83. The van der Waals surface area contributed by atoms with E-state index in [1.54, 1.807) is 11.3 Å². The summed E-state index contributed by atoms with van der Waals surface area (Å²) in [7, 11) is 0. The van der Waals surface area contributed by atoms with Gasteiger partial charge >= 0.3 is 0 Å². The lowest BCUT2D eigenvalue weighted by Crippen LogP contribution is -2.10. The second kappa shape index (κ2) is 7.66. The second-order valence-corrected chi connectivity index (χ2v) is 5.87. The van der Waals surface area contributed by atoms with Crippen molar-refractivity contribution in [3.63, 3.8) is 0 Å². The van der Waals surface area contributed by atoms with Crippen LogP contribution >= 0.6 is 35.3 Å². The zero-order chi connectivity index (χ0) is 13.8. The first-order valence-electron chi connectivity index (χ1n) is 6.39. The molecule has 0 spiro atoms. The molecule has 3 aromatic rings. The Hall–Kier alpha value is -1.26. The number of hydrogen-bond donors (Lipinski definition) is 1. The Kier molecular flexibility index (Phi) is 5.88. The summed E-state index contributed by atoms with van der Waals surface area (Å²) in [5.41, 5.74) is 0.929. The summed E-state index contributed by atoms with van der Waals surface area (Å²) < 4.78 is 5.83. The molecule has 1 N–H and O–H groups in total. The molecule has 3 rings (SSSR count). The lowest BCUT2D eigenvalue weighted by Gasteiger charge is -2.01. The summed E-state index contributed by atoms with van der Waals surface area (Å²) in [5.74, 6) is 1.72. The molecule has 0 amide bonds. The van der Waals surface area contributed by atoms with Crippen molar-refractivity contribution in [3.8, 4) is 11.3 Å². The smallest absolute Gasteiger partial charge is 0.135 e. The van der Waals surface area contributed by atoms with E-state index in [9.17, 15) is 0 Å². The maximum atomic E-state index is 6.17. The lowest BCUT2D eigenvalue weighted by molar-refractivity contribution is 0.494. The number of rotatable bonds is 5. The highest BCUT2D eigenvalue weighted by Crippen LogP contribution is 2.28. The van der Waals surface area contributed by atoms with Crippen LogP contribution in [0.25, 0.3) is 11.3 Å². The lowest BCUT2D eigenvalue weighted by atomic mass is 10.2. The van der Waals surface area contributed by atoms with Gasteiger partial charge in [0, 0.05) is 17.0 Å². The van der Waals surface area contributed by atoms with Crippen LogP contribution in [-0.4, -0.2) is 0 Å². The number of nitrogens with one attached hydrogen (secondary N) is 1. The minimum atomic E-state index is 0. The molecule has 5 heteroatoms. The second-order valence-electron chi connectivity index (χ2n) is 4.43. The molecule has 0 atom stereocenters. The molecule has 2 heterocycles. The van der Waals surface area contributed by atoms with Crippen LogP contribution in [0.3, 0.4) is 0 Å². The van der Waals surface area contributed by atoms with E-state index in [1.165, 1.54) is 4.88 Å². The van der Waals surface area contributed by atoms with Crippen molar-refractivity contribution in [1.29, 1.82) is 0 Å². The van der Waals surface area contributed by atoms with Crippen LogP contribution in [0.15, 0.2) is 58.3 Å². The van der Waals surface area contributed by atoms with Gasteiger partial charge < -0.3 is 9.73 Å². The van der Waals surface area contributed by atoms with Crippen LogP contribution in [0, 0.1) is 0 Å². The normalized spacial score (nSPS) is 10.3. The highest BCUT2D eigenvalue weighted by molar-refractivity contribution is 7.09. The van der Waals surface area contributed by atoms with E-state index in [-0.39, 0.29) is 12.4 Å². The van der Waals surface area contributed by atoms with Crippen LogP contribution in [-0.2, 0) is 13.1 Å². The molecule has 0 aliphatic heterocycles. The van der Waals surface area contributed by atoms with Gasteiger partial charge in [-0.25, -0.2) is 0 Å². The van der Waals surface area contributed by atoms with Crippen molar-refractivity contribution >= 4 is 35.3 Å². The molecular formula is C16H15Cl2NOS. The van der Waals surface area contributed by atoms with Crippen molar-refractivity contribution in [3.05, 3.63) is 69.6 Å². The number of furan rings is 1. The van der Waals surface area contributed by atoms with E-state index in [2.05, 4.69) is 22.8 Å². The quantitative estimate of drug-likeness (QED) is 0.675. The van der Waals surface area contributed by atoms with Crippen LogP contribution in [0.2, 0.25) is 5.02 Å². The third-order valence-corrected chi connectivity index (χ3v) is 4.19. The fourth-order valence-corrected chi connectivity index (χ4v) is 2.90. The van der Waals surface area contributed by atoms with E-state index in [0.29, 0.717) is 11.6 Å². The van der Waals surface area contributed by atoms with Crippen LogP contribution in [0.4, 0.5) is 0 Å². The summed E-state index contributed by atoms with van der Waals surface area (Å²) in [6.45, 7) is 1.57. The molecule has 0 saturated carbocycles. The molecule has 0 aliphatic rings. The van der Waals surface area contributed by atoms with Gasteiger partial charge in [0.2, 0.25) is 0 Å². The van der Waals surface area contributed by atoms with E-state index in [0.717, 1.165) is 23.6 Å². The average Bonchev–Trinajstić information content (AvgIpc) is 3.11. The van der Waals surface area contributed by atoms with Crippen molar-refractivity contribution in [2.24, 2.45) is 0 Å². The zero-order valence-electron chi connectivity index (χ0n) is 11.2. The zero-order valence-corrected chi connectivity index (χ0v) is 13.6. The van der Waals surface area contributed by atoms with Gasteiger partial charge in [-0.1, -0.05) is 29.8 Å². The van der Waals surface area contributed by atoms with Gasteiger partial charge in [0.25, 0.3) is 0 Å². The first kappa shape index (κ1) is 16.1.